The number of nitrogens with one attached hydrogen (secondary N) is 2. The molecule has 4 nitrogen and oxygen atoms in total. The molecule has 0 heterocycles. The van der Waals surface area contributed by atoms with E-state index in [9.17, 15) is 9.18 Å². The van der Waals surface area contributed by atoms with Crippen molar-refractivity contribution < 1.29 is 13.9 Å². The summed E-state index contributed by atoms with van der Waals surface area (Å²) in [6.45, 7) is 4.15. The number of anilines is 2. The second-order valence-electron chi connectivity index (χ2n) is 4.50. The van der Waals surface area contributed by atoms with Gasteiger partial charge >= 0.3 is 6.03 Å². The summed E-state index contributed by atoms with van der Waals surface area (Å²) in [4.78, 5) is 11.8. The molecule has 110 valence electrons. The zero-order valence-corrected chi connectivity index (χ0v) is 11.9. The van der Waals surface area contributed by atoms with Crippen molar-refractivity contribution in [1.82, 2.24) is 0 Å². The molecule has 2 N–H and O–H groups in total. The van der Waals surface area contributed by atoms with Crippen molar-refractivity contribution in [2.24, 2.45) is 0 Å². The van der Waals surface area contributed by atoms with Crippen molar-refractivity contribution >= 4 is 17.4 Å². The number of hydrogen-bond acceptors (Lipinski definition) is 2. The average molecular weight is 288 g/mol. The van der Waals surface area contributed by atoms with Gasteiger partial charge in [0.25, 0.3) is 0 Å². The van der Waals surface area contributed by atoms with Gasteiger partial charge in [0.15, 0.2) is 0 Å². The largest absolute Gasteiger partial charge is 0.494 e. The van der Waals surface area contributed by atoms with Gasteiger partial charge in [-0.3, -0.25) is 0 Å². The first-order valence-corrected chi connectivity index (χ1v) is 6.65. The normalized spacial score (nSPS) is 10.0. The third-order valence-electron chi connectivity index (χ3n) is 2.84. The minimum absolute atomic E-state index is 0.299. The molecule has 0 aliphatic heterocycles. The number of hydrogen-bond donors (Lipinski definition) is 2. The van der Waals surface area contributed by atoms with E-state index in [-0.39, 0.29) is 11.8 Å². The smallest absolute Gasteiger partial charge is 0.323 e. The molecule has 0 aliphatic carbocycles. The van der Waals surface area contributed by atoms with Crippen LogP contribution in [0.15, 0.2) is 42.5 Å². The van der Waals surface area contributed by atoms with Crippen LogP contribution in [0.5, 0.6) is 5.75 Å². The fourth-order valence-corrected chi connectivity index (χ4v) is 1.82. The van der Waals surface area contributed by atoms with Crippen molar-refractivity contribution in [1.29, 1.82) is 0 Å². The van der Waals surface area contributed by atoms with E-state index < -0.39 is 0 Å². The highest BCUT2D eigenvalue weighted by Gasteiger charge is 2.05. The number of urea groups is 1. The molecule has 2 amide bonds. The predicted octanol–water partition coefficient (Wildman–Crippen LogP) is 4.18. The molecule has 5 heteroatoms. The van der Waals surface area contributed by atoms with Crippen LogP contribution < -0.4 is 15.4 Å². The predicted molar refractivity (Wildman–Crippen MR) is 81.4 cm³/mol. The lowest BCUT2D eigenvalue weighted by Gasteiger charge is -2.09. The van der Waals surface area contributed by atoms with E-state index >= 15 is 0 Å². The fourth-order valence-electron chi connectivity index (χ4n) is 1.82. The van der Waals surface area contributed by atoms with Gasteiger partial charge in [0, 0.05) is 11.4 Å². The van der Waals surface area contributed by atoms with Crippen LogP contribution in [0.25, 0.3) is 0 Å². The molecule has 0 bridgehead atoms. The van der Waals surface area contributed by atoms with Crippen LogP contribution in [-0.4, -0.2) is 12.6 Å². The number of carbonyl (C=O) groups excluding carboxylic acids is 1. The molecule has 0 aromatic heterocycles. The number of ether oxygens (including phenoxy) is 1. The number of aryl methyl sites for hydroxylation is 1. The van der Waals surface area contributed by atoms with Crippen molar-refractivity contribution in [2.75, 3.05) is 17.2 Å². The Hall–Kier alpha value is -2.56. The Bertz CT molecular complexity index is 627. The van der Waals surface area contributed by atoms with Gasteiger partial charge in [0.2, 0.25) is 0 Å². The van der Waals surface area contributed by atoms with Crippen LogP contribution in [0, 0.1) is 12.7 Å². The number of amides is 2. The summed E-state index contributed by atoms with van der Waals surface area (Å²) in [5, 5.41) is 5.34. The molecule has 0 atom stereocenters. The lowest BCUT2D eigenvalue weighted by molar-refractivity contribution is 0.262. The lowest BCUT2D eigenvalue weighted by Crippen LogP contribution is -2.19. The summed E-state index contributed by atoms with van der Waals surface area (Å²) in [7, 11) is 0. The van der Waals surface area contributed by atoms with Gasteiger partial charge in [0.05, 0.1) is 6.61 Å². The third-order valence-corrected chi connectivity index (χ3v) is 2.84. The van der Waals surface area contributed by atoms with Crippen LogP contribution in [0.2, 0.25) is 0 Å². The molecular formula is C16H17FN2O2. The average Bonchev–Trinajstić information content (AvgIpc) is 2.45. The molecule has 2 aromatic carbocycles. The Labute approximate surface area is 122 Å². The monoisotopic (exact) mass is 288 g/mol. The molecule has 0 saturated heterocycles. The fraction of sp³-hybridized carbons (Fsp3) is 0.188. The molecule has 0 fully saturated rings. The number of carbonyl (C=O) groups is 1. The van der Waals surface area contributed by atoms with Gasteiger partial charge < -0.3 is 15.4 Å². The van der Waals surface area contributed by atoms with Crippen molar-refractivity contribution in [3.05, 3.63) is 53.8 Å². The molecule has 0 aliphatic rings. The summed E-state index contributed by atoms with van der Waals surface area (Å²) in [5.74, 6) is 0.449. The van der Waals surface area contributed by atoms with Crippen LogP contribution in [0.4, 0.5) is 20.6 Å². The van der Waals surface area contributed by atoms with Gasteiger partial charge in [-0.15, -0.1) is 0 Å². The van der Waals surface area contributed by atoms with Crippen LogP contribution in [-0.2, 0) is 0 Å². The number of rotatable bonds is 4. The highest BCUT2D eigenvalue weighted by atomic mass is 19.1. The minimum atomic E-state index is -0.384. The zero-order valence-electron chi connectivity index (χ0n) is 11.9. The second-order valence-corrected chi connectivity index (χ2v) is 4.50. The number of halogens is 1. The molecular weight excluding hydrogens is 271 g/mol. The van der Waals surface area contributed by atoms with E-state index in [2.05, 4.69) is 10.6 Å². The van der Waals surface area contributed by atoms with E-state index in [0.717, 1.165) is 5.75 Å². The summed E-state index contributed by atoms with van der Waals surface area (Å²) < 4.78 is 18.5. The van der Waals surface area contributed by atoms with E-state index in [1.165, 1.54) is 12.1 Å². The summed E-state index contributed by atoms with van der Waals surface area (Å²) in [5.41, 5.74) is 1.67. The van der Waals surface area contributed by atoms with Crippen molar-refractivity contribution in [3.63, 3.8) is 0 Å². The quantitative estimate of drug-likeness (QED) is 0.886. The second kappa shape index (κ2) is 6.74. The third kappa shape index (κ3) is 4.21. The van der Waals surface area contributed by atoms with Crippen LogP contribution in [0.1, 0.15) is 12.5 Å². The maximum atomic E-state index is 13.1. The standard InChI is InChI=1S/C16H17FN2O2/c1-3-21-14-7-4-12(5-8-14)18-16(20)19-13-6-9-15(17)11(2)10-13/h4-10H,3H2,1-2H3,(H2,18,19,20). The first kappa shape index (κ1) is 14.8. The highest BCUT2D eigenvalue weighted by molar-refractivity contribution is 5.99. The van der Waals surface area contributed by atoms with E-state index in [1.54, 1.807) is 37.3 Å². The Morgan fingerprint density at radius 2 is 1.71 bits per heavy atom. The van der Waals surface area contributed by atoms with Gasteiger partial charge in [-0.05, 0) is 61.9 Å². The van der Waals surface area contributed by atoms with Gasteiger partial charge in [-0.2, -0.15) is 0 Å². The molecule has 2 aromatic rings. The van der Waals surface area contributed by atoms with Crippen LogP contribution >= 0.6 is 0 Å². The van der Waals surface area contributed by atoms with Crippen molar-refractivity contribution in [3.8, 4) is 5.75 Å². The zero-order chi connectivity index (χ0) is 15.2. The minimum Gasteiger partial charge on any atom is -0.494 e. The van der Waals surface area contributed by atoms with Crippen molar-refractivity contribution in [2.45, 2.75) is 13.8 Å². The van der Waals surface area contributed by atoms with Gasteiger partial charge in [-0.25, -0.2) is 9.18 Å². The maximum Gasteiger partial charge on any atom is 0.323 e. The number of benzene rings is 2. The summed E-state index contributed by atoms with van der Waals surface area (Å²) in [6, 6.07) is 11.1. The molecule has 2 rings (SSSR count). The van der Waals surface area contributed by atoms with E-state index in [1.807, 2.05) is 6.92 Å². The Kier molecular flexibility index (Phi) is 4.77. The first-order valence-electron chi connectivity index (χ1n) is 6.65. The topological polar surface area (TPSA) is 50.4 Å². The molecule has 0 saturated carbocycles. The highest BCUT2D eigenvalue weighted by Crippen LogP contribution is 2.17. The Morgan fingerprint density at radius 3 is 2.33 bits per heavy atom. The van der Waals surface area contributed by atoms with E-state index in [0.29, 0.717) is 23.5 Å². The molecule has 0 spiro atoms. The molecule has 21 heavy (non-hydrogen) atoms. The summed E-state index contributed by atoms with van der Waals surface area (Å²) in [6.07, 6.45) is 0. The Balaban J connectivity index is 1.96. The first-order chi connectivity index (χ1) is 10.1. The maximum absolute atomic E-state index is 13.1. The van der Waals surface area contributed by atoms with Gasteiger partial charge in [0.1, 0.15) is 11.6 Å². The lowest BCUT2D eigenvalue weighted by atomic mass is 10.2. The van der Waals surface area contributed by atoms with Gasteiger partial charge in [-0.1, -0.05) is 0 Å². The SMILES string of the molecule is CCOc1ccc(NC(=O)Nc2ccc(F)c(C)c2)cc1. The molecule has 0 radical (unpaired) electrons. The van der Waals surface area contributed by atoms with E-state index in [4.69, 9.17) is 4.74 Å². The Morgan fingerprint density at radius 1 is 1.10 bits per heavy atom. The molecule has 0 unspecified atom stereocenters. The summed E-state index contributed by atoms with van der Waals surface area (Å²) >= 11 is 0. The van der Waals surface area contributed by atoms with Crippen LogP contribution in [0.3, 0.4) is 0 Å².